The fraction of sp³-hybridized carbons (Fsp3) is 0.0625. The molecule has 2 nitrogen and oxygen atoms in total. The molecule has 0 saturated heterocycles. The molecule has 2 aromatic carbocycles. The maximum absolute atomic E-state index is 13.5. The van der Waals surface area contributed by atoms with E-state index in [0.29, 0.717) is 15.8 Å². The lowest BCUT2D eigenvalue weighted by atomic mass is 10.1. The molecule has 0 unspecified atom stereocenters. The summed E-state index contributed by atoms with van der Waals surface area (Å²) in [5, 5.41) is 0.459. The lowest BCUT2D eigenvalue weighted by Crippen LogP contribution is -2.33. The first kappa shape index (κ1) is 13.4. The molecule has 5 heteroatoms. The van der Waals surface area contributed by atoms with Gasteiger partial charge in [0.25, 0.3) is 0 Å². The van der Waals surface area contributed by atoms with Crippen LogP contribution in [0.1, 0.15) is 0 Å². The Morgan fingerprint density at radius 1 is 0.810 bits per heavy atom. The van der Waals surface area contributed by atoms with Gasteiger partial charge in [0, 0.05) is 17.3 Å². The van der Waals surface area contributed by atoms with Crippen LogP contribution in [0, 0.1) is 0 Å². The van der Waals surface area contributed by atoms with E-state index in [1.54, 1.807) is 42.5 Å². The van der Waals surface area contributed by atoms with E-state index in [1.165, 1.54) is 24.4 Å². The molecule has 0 aliphatic rings. The van der Waals surface area contributed by atoms with Gasteiger partial charge < -0.3 is 0 Å². The van der Waals surface area contributed by atoms with Crippen molar-refractivity contribution in [2.75, 3.05) is 4.90 Å². The molecule has 106 valence electrons. The Hall–Kier alpha value is -2.56. The summed E-state index contributed by atoms with van der Waals surface area (Å²) in [5.41, 5.74) is 0.667. The van der Waals surface area contributed by atoms with E-state index >= 15 is 0 Å². The number of nitrogens with zero attached hydrogens (tertiary/aromatic N) is 2. The average molecular weight is 288 g/mol. The van der Waals surface area contributed by atoms with Gasteiger partial charge in [-0.15, -0.1) is 13.2 Å². The number of pyridine rings is 1. The number of rotatable bonds is 2. The third-order valence-corrected chi connectivity index (χ3v) is 3.13. The molecule has 0 aliphatic heterocycles. The molecule has 0 bridgehead atoms. The summed E-state index contributed by atoms with van der Waals surface area (Å²) in [5.74, 6) is 0. The lowest BCUT2D eigenvalue weighted by Gasteiger charge is -2.28. The largest absolute Gasteiger partial charge is 0.489 e. The van der Waals surface area contributed by atoms with Crippen LogP contribution in [-0.2, 0) is 0 Å². The van der Waals surface area contributed by atoms with Crippen LogP contribution >= 0.6 is 0 Å². The average Bonchev–Trinajstić information content (AvgIpc) is 2.47. The number of hydrogen-bond donors (Lipinski definition) is 0. The van der Waals surface area contributed by atoms with Crippen LogP contribution in [0.3, 0.4) is 0 Å². The highest BCUT2D eigenvalue weighted by Crippen LogP contribution is 2.39. The monoisotopic (exact) mass is 288 g/mol. The van der Waals surface area contributed by atoms with E-state index < -0.39 is 6.30 Å². The zero-order valence-corrected chi connectivity index (χ0v) is 10.9. The van der Waals surface area contributed by atoms with Crippen molar-refractivity contribution in [1.29, 1.82) is 0 Å². The molecule has 1 heterocycles. The third kappa shape index (κ3) is 2.54. The van der Waals surface area contributed by atoms with Crippen molar-refractivity contribution < 1.29 is 13.2 Å². The number of benzene rings is 2. The smallest absolute Gasteiger partial charge is 0.256 e. The van der Waals surface area contributed by atoms with Crippen LogP contribution in [0.2, 0.25) is 0 Å². The standard InChI is InChI=1S/C16H11F3N2/c17-16(18,19)21(12-6-2-1-3-7-12)15-10-11-20-14-9-5-4-8-13(14)15/h1-11H. The van der Waals surface area contributed by atoms with E-state index in [4.69, 9.17) is 0 Å². The molecule has 1 aromatic heterocycles. The number of halogens is 3. The van der Waals surface area contributed by atoms with Crippen molar-refractivity contribution in [2.45, 2.75) is 6.30 Å². The summed E-state index contributed by atoms with van der Waals surface area (Å²) < 4.78 is 40.6. The minimum Gasteiger partial charge on any atom is -0.256 e. The van der Waals surface area contributed by atoms with Crippen LogP contribution in [0.15, 0.2) is 66.9 Å². The van der Waals surface area contributed by atoms with Gasteiger partial charge in [0.15, 0.2) is 0 Å². The molecule has 3 aromatic rings. The van der Waals surface area contributed by atoms with Crippen LogP contribution < -0.4 is 4.90 Å². The summed E-state index contributed by atoms with van der Waals surface area (Å²) in [4.78, 5) is 4.48. The second-order valence-corrected chi connectivity index (χ2v) is 4.49. The topological polar surface area (TPSA) is 16.1 Å². The van der Waals surface area contributed by atoms with E-state index in [2.05, 4.69) is 4.98 Å². The van der Waals surface area contributed by atoms with Crippen LogP contribution in [0.5, 0.6) is 0 Å². The zero-order chi connectivity index (χ0) is 14.9. The molecule has 0 atom stereocenters. The summed E-state index contributed by atoms with van der Waals surface area (Å²) >= 11 is 0. The highest BCUT2D eigenvalue weighted by molar-refractivity contribution is 5.93. The predicted molar refractivity (Wildman–Crippen MR) is 76.4 cm³/mol. The molecule has 0 N–H and O–H groups in total. The van der Waals surface area contributed by atoms with E-state index in [0.717, 1.165) is 0 Å². The van der Waals surface area contributed by atoms with Gasteiger partial charge >= 0.3 is 6.30 Å². The molecule has 0 amide bonds. The predicted octanol–water partition coefficient (Wildman–Crippen LogP) is 4.89. The minimum atomic E-state index is -4.52. The first-order valence-electron chi connectivity index (χ1n) is 6.33. The molecule has 0 saturated carbocycles. The van der Waals surface area contributed by atoms with E-state index in [1.807, 2.05) is 0 Å². The van der Waals surface area contributed by atoms with Gasteiger partial charge in [-0.1, -0.05) is 36.4 Å². The summed E-state index contributed by atoms with van der Waals surface area (Å²) in [6, 6.07) is 15.9. The van der Waals surface area contributed by atoms with Gasteiger partial charge in [-0.25, -0.2) is 0 Å². The Morgan fingerprint density at radius 3 is 2.19 bits per heavy atom. The number of aromatic nitrogens is 1. The maximum Gasteiger partial charge on any atom is 0.489 e. The van der Waals surface area contributed by atoms with Gasteiger partial charge in [0.05, 0.1) is 11.2 Å². The second kappa shape index (κ2) is 5.09. The summed E-state index contributed by atoms with van der Waals surface area (Å²) in [6.07, 6.45) is -3.13. The fourth-order valence-electron chi connectivity index (χ4n) is 2.27. The fourth-order valence-corrected chi connectivity index (χ4v) is 2.27. The van der Waals surface area contributed by atoms with Crippen molar-refractivity contribution >= 4 is 22.3 Å². The van der Waals surface area contributed by atoms with Crippen molar-refractivity contribution in [3.05, 3.63) is 66.9 Å². The Bertz CT molecular complexity index is 749. The highest BCUT2D eigenvalue weighted by Gasteiger charge is 2.39. The van der Waals surface area contributed by atoms with Crippen molar-refractivity contribution in [3.8, 4) is 0 Å². The number of anilines is 2. The van der Waals surface area contributed by atoms with Crippen molar-refractivity contribution in [2.24, 2.45) is 0 Å². The third-order valence-electron chi connectivity index (χ3n) is 3.13. The van der Waals surface area contributed by atoms with Gasteiger partial charge in [0.1, 0.15) is 0 Å². The van der Waals surface area contributed by atoms with Crippen LogP contribution in [0.25, 0.3) is 10.9 Å². The number of hydrogen-bond acceptors (Lipinski definition) is 2. The summed E-state index contributed by atoms with van der Waals surface area (Å²) in [6.45, 7) is 0. The maximum atomic E-state index is 13.5. The number of para-hydroxylation sites is 2. The molecule has 3 rings (SSSR count). The number of fused-ring (bicyclic) bond motifs is 1. The SMILES string of the molecule is FC(F)(F)N(c1ccccc1)c1ccnc2ccccc12. The Labute approximate surface area is 119 Å². The Balaban J connectivity index is 2.25. The lowest BCUT2D eigenvalue weighted by molar-refractivity contribution is -0.120. The van der Waals surface area contributed by atoms with Gasteiger partial charge in [-0.05, 0) is 24.3 Å². The highest BCUT2D eigenvalue weighted by atomic mass is 19.4. The Kier molecular flexibility index (Phi) is 3.25. The van der Waals surface area contributed by atoms with Gasteiger partial charge in [0.2, 0.25) is 0 Å². The van der Waals surface area contributed by atoms with Crippen LogP contribution in [-0.4, -0.2) is 11.3 Å². The molecular formula is C16H11F3N2. The normalized spacial score (nSPS) is 11.6. The van der Waals surface area contributed by atoms with Gasteiger partial charge in [-0.2, -0.15) is 0 Å². The number of alkyl halides is 3. The first-order chi connectivity index (χ1) is 10.1. The Morgan fingerprint density at radius 2 is 1.48 bits per heavy atom. The van der Waals surface area contributed by atoms with Crippen molar-refractivity contribution in [1.82, 2.24) is 4.98 Å². The molecule has 0 fully saturated rings. The molecule has 0 radical (unpaired) electrons. The molecule has 21 heavy (non-hydrogen) atoms. The van der Waals surface area contributed by atoms with Gasteiger partial charge in [-0.3, -0.25) is 9.88 Å². The zero-order valence-electron chi connectivity index (χ0n) is 10.9. The van der Waals surface area contributed by atoms with E-state index in [-0.39, 0.29) is 11.4 Å². The molecule has 0 spiro atoms. The van der Waals surface area contributed by atoms with E-state index in [9.17, 15) is 13.2 Å². The second-order valence-electron chi connectivity index (χ2n) is 4.49. The quantitative estimate of drug-likeness (QED) is 0.624. The summed E-state index contributed by atoms with van der Waals surface area (Å²) in [7, 11) is 0. The minimum absolute atomic E-state index is 0.0688. The van der Waals surface area contributed by atoms with Crippen molar-refractivity contribution in [3.63, 3.8) is 0 Å². The van der Waals surface area contributed by atoms with Crippen LogP contribution in [0.4, 0.5) is 24.5 Å². The molecule has 0 aliphatic carbocycles. The molecular weight excluding hydrogens is 277 g/mol. The first-order valence-corrected chi connectivity index (χ1v) is 6.33.